The molecule has 0 spiro atoms. The van der Waals surface area contributed by atoms with Crippen molar-refractivity contribution in [2.45, 2.75) is 6.92 Å². The van der Waals surface area contributed by atoms with E-state index in [1.165, 1.54) is 0 Å². The minimum absolute atomic E-state index is 0.455. The summed E-state index contributed by atoms with van der Waals surface area (Å²) in [6.45, 7) is 1.77. The molecule has 1 heteroatoms. The van der Waals surface area contributed by atoms with Crippen LogP contribution in [0.4, 0.5) is 0 Å². The van der Waals surface area contributed by atoms with E-state index in [0.29, 0.717) is 5.88 Å². The van der Waals surface area contributed by atoms with Crippen LogP contribution in [0.3, 0.4) is 0 Å². The Hall–Kier alpha value is -0.150. The van der Waals surface area contributed by atoms with Crippen LogP contribution in [0.5, 0.6) is 0 Å². The summed E-state index contributed by atoms with van der Waals surface area (Å²) in [6, 6.07) is 0. The smallest absolute Gasteiger partial charge is 0.0835 e. The minimum atomic E-state index is 0.455. The molecule has 0 unspecified atom stereocenters. The first-order valence-electron chi connectivity index (χ1n) is 1.37. The number of rotatable bonds is 0. The van der Waals surface area contributed by atoms with Gasteiger partial charge in [0.25, 0.3) is 0 Å². The lowest BCUT2D eigenvalue weighted by Gasteiger charge is -1.56. The van der Waals surface area contributed by atoms with E-state index in [1.807, 2.05) is 0 Å². The molecule has 0 saturated carbocycles. The van der Waals surface area contributed by atoms with E-state index in [-0.39, 0.29) is 0 Å². The molecule has 0 aromatic heterocycles. The van der Waals surface area contributed by atoms with Gasteiger partial charge in [0, 0.05) is 0 Å². The molecular formula is C4H5Cl. The first-order valence-corrected chi connectivity index (χ1v) is 1.91. The average molecular weight is 88.5 g/mol. The molecule has 0 aromatic rings. The lowest BCUT2D eigenvalue weighted by molar-refractivity contribution is 1.83. The molecule has 0 nitrogen and oxygen atoms in total. The van der Waals surface area contributed by atoms with Gasteiger partial charge in [0.05, 0.1) is 5.88 Å². The zero-order chi connectivity index (χ0) is 4.12. The van der Waals surface area contributed by atoms with Gasteiger partial charge in [0.1, 0.15) is 0 Å². The van der Waals surface area contributed by atoms with Gasteiger partial charge in [0.15, 0.2) is 0 Å². The second-order valence-corrected chi connectivity index (χ2v) is 0.828. The van der Waals surface area contributed by atoms with Crippen LogP contribution >= 0.6 is 11.6 Å². The molecule has 0 N–H and O–H groups in total. The zero-order valence-corrected chi connectivity index (χ0v) is 3.84. The van der Waals surface area contributed by atoms with E-state index in [9.17, 15) is 0 Å². The maximum absolute atomic E-state index is 5.13. The van der Waals surface area contributed by atoms with Gasteiger partial charge in [0.2, 0.25) is 0 Å². The van der Waals surface area contributed by atoms with Crippen molar-refractivity contribution >= 4 is 11.6 Å². The highest BCUT2D eigenvalue weighted by molar-refractivity contribution is 6.19. The van der Waals surface area contributed by atoms with E-state index in [2.05, 4.69) is 11.8 Å². The Balaban J connectivity index is 2.81. The molecule has 0 aliphatic carbocycles. The topological polar surface area (TPSA) is 0 Å². The van der Waals surface area contributed by atoms with E-state index >= 15 is 0 Å². The standard InChI is InChI=1S/C4H5Cl/c1-2-3-4-5/h4H2,1H3. The van der Waals surface area contributed by atoms with E-state index in [1.54, 1.807) is 6.92 Å². The van der Waals surface area contributed by atoms with Crippen molar-refractivity contribution in [3.05, 3.63) is 0 Å². The van der Waals surface area contributed by atoms with Crippen LogP contribution in [0, 0.1) is 11.8 Å². The summed E-state index contributed by atoms with van der Waals surface area (Å²) >= 11 is 5.13. The van der Waals surface area contributed by atoms with Crippen molar-refractivity contribution in [2.24, 2.45) is 0 Å². The molecule has 0 amide bonds. The van der Waals surface area contributed by atoms with E-state index in [4.69, 9.17) is 11.6 Å². The maximum Gasteiger partial charge on any atom is 0.0835 e. The minimum Gasteiger partial charge on any atom is -0.113 e. The normalized spacial score (nSPS) is 5.20. The van der Waals surface area contributed by atoms with Gasteiger partial charge >= 0.3 is 0 Å². The summed E-state index contributed by atoms with van der Waals surface area (Å²) < 4.78 is 0. The van der Waals surface area contributed by atoms with Crippen molar-refractivity contribution < 1.29 is 0 Å². The number of alkyl halides is 1. The van der Waals surface area contributed by atoms with Gasteiger partial charge in [-0.1, -0.05) is 5.92 Å². The van der Waals surface area contributed by atoms with Gasteiger partial charge < -0.3 is 0 Å². The first kappa shape index (κ1) is 4.85. The zero-order valence-electron chi connectivity index (χ0n) is 3.09. The average Bonchev–Trinajstić information content (AvgIpc) is 1.41. The Morgan fingerprint density at radius 1 is 1.80 bits per heavy atom. The molecule has 0 aliphatic heterocycles. The van der Waals surface area contributed by atoms with E-state index < -0.39 is 0 Å². The Morgan fingerprint density at radius 3 is 2.40 bits per heavy atom. The summed E-state index contributed by atoms with van der Waals surface area (Å²) in [5.41, 5.74) is 0. The third-order valence-corrected chi connectivity index (χ3v) is 0.377. The molecule has 0 heterocycles. The quantitative estimate of drug-likeness (QED) is 0.309. The predicted octanol–water partition coefficient (Wildman–Crippen LogP) is 1.25. The highest BCUT2D eigenvalue weighted by Crippen LogP contribution is 1.64. The number of hydrogen-bond acceptors (Lipinski definition) is 0. The van der Waals surface area contributed by atoms with Crippen molar-refractivity contribution in [2.75, 3.05) is 5.88 Å². The molecule has 0 saturated heterocycles. The van der Waals surface area contributed by atoms with Gasteiger partial charge in [-0.3, -0.25) is 0 Å². The molecule has 0 bridgehead atoms. The third kappa shape index (κ3) is 3.85. The highest BCUT2D eigenvalue weighted by atomic mass is 35.5. The molecule has 5 heavy (non-hydrogen) atoms. The lowest BCUT2D eigenvalue weighted by atomic mass is 10.7. The summed E-state index contributed by atoms with van der Waals surface area (Å²) in [5.74, 6) is 5.72. The molecule has 0 fully saturated rings. The van der Waals surface area contributed by atoms with Crippen molar-refractivity contribution in [3.63, 3.8) is 0 Å². The molecule has 0 atom stereocenters. The molecule has 28 valence electrons. The summed E-state index contributed by atoms with van der Waals surface area (Å²) in [5, 5.41) is 0. The summed E-state index contributed by atoms with van der Waals surface area (Å²) in [6.07, 6.45) is 0. The fraction of sp³-hybridized carbons (Fsp3) is 0.500. The second-order valence-electron chi connectivity index (χ2n) is 0.560. The fourth-order valence-corrected chi connectivity index (χ4v) is 0.200. The first-order chi connectivity index (χ1) is 2.41. The van der Waals surface area contributed by atoms with Crippen LogP contribution < -0.4 is 0 Å². The van der Waals surface area contributed by atoms with Crippen LogP contribution in [0.2, 0.25) is 0 Å². The van der Waals surface area contributed by atoms with E-state index in [0.717, 1.165) is 0 Å². The molecule has 0 aliphatic rings. The molecular weight excluding hydrogens is 83.5 g/mol. The van der Waals surface area contributed by atoms with Gasteiger partial charge in [-0.2, -0.15) is 0 Å². The fourth-order valence-electron chi connectivity index (χ4n) is 0.0668. The summed E-state index contributed by atoms with van der Waals surface area (Å²) in [4.78, 5) is 0. The lowest BCUT2D eigenvalue weighted by Crippen LogP contribution is -1.52. The third-order valence-electron chi connectivity index (χ3n) is 0.244. The van der Waals surface area contributed by atoms with Crippen molar-refractivity contribution in [1.82, 2.24) is 0 Å². The summed E-state index contributed by atoms with van der Waals surface area (Å²) in [7, 11) is 0. The molecule has 0 radical (unpaired) electrons. The van der Waals surface area contributed by atoms with Gasteiger partial charge in [-0.15, -0.1) is 17.5 Å². The number of halogens is 1. The molecule has 0 rings (SSSR count). The maximum atomic E-state index is 5.13. The SMILES string of the molecule is CC#CCCl. The van der Waals surface area contributed by atoms with Crippen LogP contribution in [-0.2, 0) is 0 Å². The van der Waals surface area contributed by atoms with Crippen molar-refractivity contribution in [1.29, 1.82) is 0 Å². The predicted molar refractivity (Wildman–Crippen MR) is 24.2 cm³/mol. The Morgan fingerprint density at radius 2 is 2.40 bits per heavy atom. The highest BCUT2D eigenvalue weighted by Gasteiger charge is 1.51. The Labute approximate surface area is 37.1 Å². The Kier molecular flexibility index (Phi) is 3.73. The second kappa shape index (κ2) is 3.85. The van der Waals surface area contributed by atoms with Gasteiger partial charge in [-0.25, -0.2) is 0 Å². The molecule has 0 aromatic carbocycles. The van der Waals surface area contributed by atoms with Crippen LogP contribution in [0.1, 0.15) is 6.92 Å². The number of hydrogen-bond donors (Lipinski definition) is 0. The monoisotopic (exact) mass is 88.0 g/mol. The van der Waals surface area contributed by atoms with Crippen LogP contribution in [-0.4, -0.2) is 5.88 Å². The Bertz CT molecular complexity index is 55.8. The van der Waals surface area contributed by atoms with Crippen molar-refractivity contribution in [3.8, 4) is 11.8 Å². The largest absolute Gasteiger partial charge is 0.113 e. The van der Waals surface area contributed by atoms with Crippen LogP contribution in [0.25, 0.3) is 0 Å². The van der Waals surface area contributed by atoms with Crippen LogP contribution in [0.15, 0.2) is 0 Å². The van der Waals surface area contributed by atoms with Gasteiger partial charge in [-0.05, 0) is 6.92 Å².